The highest BCUT2D eigenvalue weighted by Gasteiger charge is 2.13. The Bertz CT molecular complexity index is 631. The minimum absolute atomic E-state index is 0.0227. The molecule has 1 amide bonds. The van der Waals surface area contributed by atoms with Crippen molar-refractivity contribution < 1.29 is 9.53 Å². The Morgan fingerprint density at radius 1 is 1.45 bits per heavy atom. The van der Waals surface area contributed by atoms with Crippen molar-refractivity contribution in [3.8, 4) is 5.69 Å². The molecule has 8 heteroatoms. The number of tetrazole rings is 1. The van der Waals surface area contributed by atoms with Gasteiger partial charge < -0.3 is 10.1 Å². The molecule has 22 heavy (non-hydrogen) atoms. The van der Waals surface area contributed by atoms with Gasteiger partial charge in [-0.25, -0.2) is 0 Å². The number of rotatable bonds is 7. The number of methoxy groups -OCH3 is 1. The van der Waals surface area contributed by atoms with Crippen LogP contribution in [0, 0.1) is 6.92 Å². The molecule has 0 aliphatic heterocycles. The molecule has 0 fully saturated rings. The lowest BCUT2D eigenvalue weighted by Crippen LogP contribution is -2.36. The van der Waals surface area contributed by atoms with Gasteiger partial charge in [0.2, 0.25) is 11.1 Å². The fraction of sp³-hybridized carbons (Fsp3) is 0.429. The van der Waals surface area contributed by atoms with Gasteiger partial charge in [-0.2, -0.15) is 4.68 Å². The maximum atomic E-state index is 11.9. The van der Waals surface area contributed by atoms with E-state index in [1.165, 1.54) is 11.8 Å². The lowest BCUT2D eigenvalue weighted by molar-refractivity contribution is -0.119. The summed E-state index contributed by atoms with van der Waals surface area (Å²) in [7, 11) is 1.60. The monoisotopic (exact) mass is 321 g/mol. The lowest BCUT2D eigenvalue weighted by Gasteiger charge is -2.12. The van der Waals surface area contributed by atoms with Crippen LogP contribution < -0.4 is 5.32 Å². The number of carbonyl (C=O) groups excluding carboxylic acids is 1. The SMILES string of the molecule is COC[C@@H](C)NC(=O)CSc1nnnn1-c1ccccc1C. The van der Waals surface area contributed by atoms with E-state index < -0.39 is 0 Å². The number of hydrogen-bond acceptors (Lipinski definition) is 6. The normalized spacial score (nSPS) is 12.1. The molecule has 1 heterocycles. The predicted octanol–water partition coefficient (Wildman–Crippen LogP) is 1.21. The number of hydrogen-bond donors (Lipinski definition) is 1. The van der Waals surface area contributed by atoms with E-state index in [1.54, 1.807) is 11.8 Å². The molecule has 0 radical (unpaired) electrons. The number of ether oxygens (including phenoxy) is 1. The zero-order chi connectivity index (χ0) is 15.9. The van der Waals surface area contributed by atoms with Gasteiger partial charge in [0.05, 0.1) is 18.0 Å². The molecule has 0 spiro atoms. The average Bonchev–Trinajstić information content (AvgIpc) is 2.94. The number of nitrogens with zero attached hydrogens (tertiary/aromatic N) is 4. The number of thioether (sulfide) groups is 1. The van der Waals surface area contributed by atoms with Gasteiger partial charge in [-0.05, 0) is 35.9 Å². The minimum atomic E-state index is -0.0751. The largest absolute Gasteiger partial charge is 0.383 e. The zero-order valence-electron chi connectivity index (χ0n) is 12.8. The van der Waals surface area contributed by atoms with Crippen molar-refractivity contribution in [2.75, 3.05) is 19.5 Å². The molecule has 0 unspecified atom stereocenters. The van der Waals surface area contributed by atoms with Crippen molar-refractivity contribution in [1.82, 2.24) is 25.5 Å². The molecular formula is C14H19N5O2S. The summed E-state index contributed by atoms with van der Waals surface area (Å²) in [5.74, 6) is 0.175. The molecule has 1 atom stereocenters. The fourth-order valence-corrected chi connectivity index (χ4v) is 2.65. The van der Waals surface area contributed by atoms with Crippen LogP contribution >= 0.6 is 11.8 Å². The zero-order valence-corrected chi connectivity index (χ0v) is 13.6. The summed E-state index contributed by atoms with van der Waals surface area (Å²) in [4.78, 5) is 11.9. The van der Waals surface area contributed by atoms with Gasteiger partial charge in [0.15, 0.2) is 0 Å². The van der Waals surface area contributed by atoms with Crippen LogP contribution in [-0.2, 0) is 9.53 Å². The molecule has 2 aromatic rings. The van der Waals surface area contributed by atoms with Crippen LogP contribution in [0.25, 0.3) is 5.69 Å². The van der Waals surface area contributed by atoms with E-state index in [1.807, 2.05) is 38.1 Å². The molecule has 2 rings (SSSR count). The highest BCUT2D eigenvalue weighted by molar-refractivity contribution is 7.99. The van der Waals surface area contributed by atoms with Gasteiger partial charge in [-0.15, -0.1) is 5.10 Å². The Balaban J connectivity index is 1.99. The quantitative estimate of drug-likeness (QED) is 0.772. The van der Waals surface area contributed by atoms with Crippen molar-refractivity contribution in [3.05, 3.63) is 29.8 Å². The first-order chi connectivity index (χ1) is 10.6. The summed E-state index contributed by atoms with van der Waals surface area (Å²) in [5.41, 5.74) is 1.97. The van der Waals surface area contributed by atoms with Crippen LogP contribution in [0.3, 0.4) is 0 Å². The van der Waals surface area contributed by atoms with Crippen LogP contribution in [0.2, 0.25) is 0 Å². The summed E-state index contributed by atoms with van der Waals surface area (Å²) in [5, 5.41) is 15.1. The van der Waals surface area contributed by atoms with Gasteiger partial charge in [-0.1, -0.05) is 30.0 Å². The van der Waals surface area contributed by atoms with Gasteiger partial charge >= 0.3 is 0 Å². The van der Waals surface area contributed by atoms with Crippen LogP contribution in [-0.4, -0.2) is 51.6 Å². The highest BCUT2D eigenvalue weighted by atomic mass is 32.2. The summed E-state index contributed by atoms with van der Waals surface area (Å²) in [6.45, 7) is 4.37. The molecule has 0 saturated heterocycles. The van der Waals surface area contributed by atoms with Gasteiger partial charge in [0.25, 0.3) is 0 Å². The van der Waals surface area contributed by atoms with Crippen molar-refractivity contribution in [3.63, 3.8) is 0 Å². The maximum absolute atomic E-state index is 11.9. The molecule has 1 N–H and O–H groups in total. The molecule has 0 saturated carbocycles. The lowest BCUT2D eigenvalue weighted by atomic mass is 10.2. The van der Waals surface area contributed by atoms with Crippen LogP contribution in [0.4, 0.5) is 0 Å². The summed E-state index contributed by atoms with van der Waals surface area (Å²) < 4.78 is 6.63. The molecule has 7 nitrogen and oxygen atoms in total. The van der Waals surface area contributed by atoms with E-state index in [9.17, 15) is 4.79 Å². The Morgan fingerprint density at radius 3 is 2.95 bits per heavy atom. The summed E-state index contributed by atoms with van der Waals surface area (Å²) >= 11 is 1.30. The first-order valence-electron chi connectivity index (χ1n) is 6.87. The van der Waals surface area contributed by atoms with Gasteiger partial charge in [-0.3, -0.25) is 4.79 Å². The smallest absolute Gasteiger partial charge is 0.230 e. The van der Waals surface area contributed by atoms with E-state index >= 15 is 0 Å². The highest BCUT2D eigenvalue weighted by Crippen LogP contribution is 2.20. The summed E-state index contributed by atoms with van der Waals surface area (Å²) in [6, 6.07) is 7.80. The average molecular weight is 321 g/mol. The Labute approximate surface area is 133 Å². The standard InChI is InChI=1S/C14H19N5O2S/c1-10-6-4-5-7-12(10)19-14(16-17-18-19)22-9-13(20)15-11(2)8-21-3/h4-7,11H,8-9H2,1-3H3,(H,15,20)/t11-/m1/s1. The maximum Gasteiger partial charge on any atom is 0.230 e. The van der Waals surface area contributed by atoms with Crippen molar-refractivity contribution >= 4 is 17.7 Å². The number of aromatic nitrogens is 4. The van der Waals surface area contributed by atoms with Crippen molar-refractivity contribution in [2.45, 2.75) is 25.0 Å². The number of carbonyl (C=O) groups is 1. The first kappa shape index (κ1) is 16.4. The number of amides is 1. The van der Waals surface area contributed by atoms with Gasteiger partial charge in [0, 0.05) is 13.2 Å². The predicted molar refractivity (Wildman–Crippen MR) is 84.1 cm³/mol. The Kier molecular flexibility index (Phi) is 5.91. The number of nitrogens with one attached hydrogen (secondary N) is 1. The fourth-order valence-electron chi connectivity index (χ4n) is 1.96. The summed E-state index contributed by atoms with van der Waals surface area (Å²) in [6.07, 6.45) is 0. The molecule has 1 aromatic carbocycles. The van der Waals surface area contributed by atoms with E-state index in [0.29, 0.717) is 11.8 Å². The van der Waals surface area contributed by atoms with Crippen LogP contribution in [0.5, 0.6) is 0 Å². The molecule has 1 aromatic heterocycles. The molecule has 0 aliphatic carbocycles. The number of aryl methyl sites for hydroxylation is 1. The van der Waals surface area contributed by atoms with E-state index in [2.05, 4.69) is 20.8 Å². The third-order valence-electron chi connectivity index (χ3n) is 2.94. The number of benzene rings is 1. The van der Waals surface area contributed by atoms with E-state index in [4.69, 9.17) is 4.74 Å². The van der Waals surface area contributed by atoms with Crippen LogP contribution in [0.1, 0.15) is 12.5 Å². The van der Waals surface area contributed by atoms with E-state index in [-0.39, 0.29) is 17.7 Å². The van der Waals surface area contributed by atoms with Crippen molar-refractivity contribution in [1.29, 1.82) is 0 Å². The molecule has 118 valence electrons. The first-order valence-corrected chi connectivity index (χ1v) is 7.86. The van der Waals surface area contributed by atoms with Gasteiger partial charge in [0.1, 0.15) is 0 Å². The third-order valence-corrected chi connectivity index (χ3v) is 3.86. The minimum Gasteiger partial charge on any atom is -0.383 e. The second-order valence-corrected chi connectivity index (χ2v) is 5.81. The Morgan fingerprint density at radius 2 is 2.23 bits per heavy atom. The second kappa shape index (κ2) is 7.90. The topological polar surface area (TPSA) is 81.9 Å². The third kappa shape index (κ3) is 4.28. The van der Waals surface area contributed by atoms with Crippen LogP contribution in [0.15, 0.2) is 29.4 Å². The number of para-hydroxylation sites is 1. The molecular weight excluding hydrogens is 302 g/mol. The molecule has 0 bridgehead atoms. The second-order valence-electron chi connectivity index (χ2n) is 4.87. The van der Waals surface area contributed by atoms with Crippen molar-refractivity contribution in [2.24, 2.45) is 0 Å². The Hall–Kier alpha value is -1.93. The molecule has 0 aliphatic rings. The van der Waals surface area contributed by atoms with E-state index in [0.717, 1.165) is 11.3 Å².